The molecule has 1 aliphatic heterocycles. The van der Waals surface area contributed by atoms with Crippen LogP contribution in [0.2, 0.25) is 0 Å². The summed E-state index contributed by atoms with van der Waals surface area (Å²) in [6.07, 6.45) is 5.20. The lowest BCUT2D eigenvalue weighted by Crippen LogP contribution is -2.38. The lowest BCUT2D eigenvalue weighted by atomic mass is 10.1. The van der Waals surface area contributed by atoms with E-state index in [1.54, 1.807) is 0 Å². The zero-order chi connectivity index (χ0) is 18.6. The zero-order valence-electron chi connectivity index (χ0n) is 17.3. The van der Waals surface area contributed by atoms with Crippen molar-refractivity contribution >= 4 is 29.9 Å². The Morgan fingerprint density at radius 1 is 1.04 bits per heavy atom. The van der Waals surface area contributed by atoms with Gasteiger partial charge in [0.25, 0.3) is 0 Å². The molecular weight excluding hydrogens is 449 g/mol. The second-order valence-electron chi connectivity index (χ2n) is 7.43. The van der Waals surface area contributed by atoms with Crippen LogP contribution in [-0.4, -0.2) is 62.6 Å². The van der Waals surface area contributed by atoms with E-state index < -0.39 is 0 Å². The zero-order valence-corrected chi connectivity index (χ0v) is 19.7. The summed E-state index contributed by atoms with van der Waals surface area (Å²) in [6.45, 7) is 9.31. The van der Waals surface area contributed by atoms with Gasteiger partial charge in [-0.05, 0) is 71.0 Å². The average Bonchev–Trinajstić information content (AvgIpc) is 2.65. The molecule has 1 fully saturated rings. The summed E-state index contributed by atoms with van der Waals surface area (Å²) in [5.74, 6) is 0.906. The van der Waals surface area contributed by atoms with Crippen LogP contribution in [0.25, 0.3) is 0 Å². The van der Waals surface area contributed by atoms with Gasteiger partial charge in [-0.25, -0.2) is 4.99 Å². The van der Waals surface area contributed by atoms with Gasteiger partial charge in [-0.1, -0.05) is 30.7 Å². The van der Waals surface area contributed by atoms with Crippen LogP contribution in [0, 0.1) is 0 Å². The van der Waals surface area contributed by atoms with Crippen LogP contribution < -0.4 is 10.6 Å². The van der Waals surface area contributed by atoms with E-state index in [0.29, 0.717) is 6.54 Å². The molecule has 2 rings (SSSR count). The third-order valence-electron chi connectivity index (χ3n) is 4.72. The SMILES string of the molecule is CCNC(=NCc1ccc(CN2CCCCC2)cc1)NCCCN(C)C.I. The van der Waals surface area contributed by atoms with Crippen LogP contribution in [0.1, 0.15) is 43.7 Å². The van der Waals surface area contributed by atoms with E-state index in [1.807, 2.05) is 0 Å². The normalized spacial score (nSPS) is 15.5. The maximum Gasteiger partial charge on any atom is 0.191 e. The Morgan fingerprint density at radius 2 is 1.70 bits per heavy atom. The van der Waals surface area contributed by atoms with E-state index >= 15 is 0 Å². The van der Waals surface area contributed by atoms with Gasteiger partial charge in [0.1, 0.15) is 0 Å². The molecule has 5 nitrogen and oxygen atoms in total. The molecule has 0 aromatic heterocycles. The topological polar surface area (TPSA) is 42.9 Å². The van der Waals surface area contributed by atoms with Crippen molar-refractivity contribution in [3.63, 3.8) is 0 Å². The second-order valence-corrected chi connectivity index (χ2v) is 7.43. The molecule has 1 heterocycles. The molecular formula is C21H38IN5. The monoisotopic (exact) mass is 487 g/mol. The Hall–Kier alpha value is -0.860. The molecule has 2 N–H and O–H groups in total. The number of benzene rings is 1. The number of likely N-dealkylation sites (tertiary alicyclic amines) is 1. The average molecular weight is 487 g/mol. The predicted molar refractivity (Wildman–Crippen MR) is 127 cm³/mol. The fourth-order valence-corrected chi connectivity index (χ4v) is 3.24. The van der Waals surface area contributed by atoms with Gasteiger partial charge in [0.2, 0.25) is 0 Å². The van der Waals surface area contributed by atoms with Crippen molar-refractivity contribution in [1.82, 2.24) is 20.4 Å². The van der Waals surface area contributed by atoms with Crippen LogP contribution >= 0.6 is 24.0 Å². The maximum absolute atomic E-state index is 4.72. The van der Waals surface area contributed by atoms with Gasteiger partial charge >= 0.3 is 0 Å². The molecule has 1 saturated heterocycles. The number of rotatable bonds is 9. The van der Waals surface area contributed by atoms with Crippen LogP contribution in [0.3, 0.4) is 0 Å². The number of nitrogens with zero attached hydrogens (tertiary/aromatic N) is 3. The van der Waals surface area contributed by atoms with Gasteiger partial charge in [0.05, 0.1) is 6.54 Å². The summed E-state index contributed by atoms with van der Waals surface area (Å²) in [4.78, 5) is 9.49. The summed E-state index contributed by atoms with van der Waals surface area (Å²) in [6, 6.07) is 8.96. The van der Waals surface area contributed by atoms with Crippen LogP contribution in [0.15, 0.2) is 29.3 Å². The second kappa shape index (κ2) is 14.2. The number of hydrogen-bond acceptors (Lipinski definition) is 3. The van der Waals surface area contributed by atoms with E-state index in [1.165, 1.54) is 43.5 Å². The predicted octanol–water partition coefficient (Wildman–Crippen LogP) is 3.30. The summed E-state index contributed by atoms with van der Waals surface area (Å²) < 4.78 is 0. The molecule has 0 radical (unpaired) electrons. The summed E-state index contributed by atoms with van der Waals surface area (Å²) in [5, 5.41) is 6.74. The molecule has 0 spiro atoms. The highest BCUT2D eigenvalue weighted by Crippen LogP contribution is 2.14. The first kappa shape index (κ1) is 24.2. The highest BCUT2D eigenvalue weighted by molar-refractivity contribution is 14.0. The van der Waals surface area contributed by atoms with Crippen molar-refractivity contribution in [3.05, 3.63) is 35.4 Å². The van der Waals surface area contributed by atoms with Crippen LogP contribution in [-0.2, 0) is 13.1 Å². The van der Waals surface area contributed by atoms with E-state index in [9.17, 15) is 0 Å². The van der Waals surface area contributed by atoms with Crippen molar-refractivity contribution in [3.8, 4) is 0 Å². The molecule has 1 aromatic carbocycles. The molecule has 0 aliphatic carbocycles. The summed E-state index contributed by atoms with van der Waals surface area (Å²) >= 11 is 0. The maximum atomic E-state index is 4.72. The molecule has 0 saturated carbocycles. The smallest absolute Gasteiger partial charge is 0.191 e. The third-order valence-corrected chi connectivity index (χ3v) is 4.72. The van der Waals surface area contributed by atoms with Gasteiger partial charge in [0, 0.05) is 19.6 Å². The first-order valence-electron chi connectivity index (χ1n) is 10.1. The molecule has 0 atom stereocenters. The molecule has 1 aliphatic rings. The molecule has 6 heteroatoms. The number of nitrogens with one attached hydrogen (secondary N) is 2. The molecule has 0 unspecified atom stereocenters. The Bertz CT molecular complexity index is 524. The van der Waals surface area contributed by atoms with Gasteiger partial charge in [-0.2, -0.15) is 0 Å². The first-order chi connectivity index (χ1) is 12.7. The van der Waals surface area contributed by atoms with Crippen molar-refractivity contribution < 1.29 is 0 Å². The van der Waals surface area contributed by atoms with E-state index in [0.717, 1.165) is 38.6 Å². The van der Waals surface area contributed by atoms with Gasteiger partial charge in [-0.3, -0.25) is 4.90 Å². The Kier molecular flexibility index (Phi) is 12.7. The van der Waals surface area contributed by atoms with Crippen molar-refractivity contribution in [2.24, 2.45) is 4.99 Å². The molecule has 27 heavy (non-hydrogen) atoms. The van der Waals surface area contributed by atoms with Crippen LogP contribution in [0.5, 0.6) is 0 Å². The van der Waals surface area contributed by atoms with Gasteiger partial charge in [0.15, 0.2) is 5.96 Å². The lowest BCUT2D eigenvalue weighted by Gasteiger charge is -2.26. The summed E-state index contributed by atoms with van der Waals surface area (Å²) in [7, 11) is 4.21. The Balaban J connectivity index is 0.00000364. The highest BCUT2D eigenvalue weighted by Gasteiger charge is 2.10. The van der Waals surface area contributed by atoms with Crippen molar-refractivity contribution in [2.45, 2.75) is 45.7 Å². The van der Waals surface area contributed by atoms with E-state index in [2.05, 4.69) is 65.7 Å². The number of aliphatic imine (C=N–C) groups is 1. The quantitative estimate of drug-likeness (QED) is 0.243. The minimum Gasteiger partial charge on any atom is -0.357 e. The Labute approximate surface area is 183 Å². The minimum atomic E-state index is 0. The van der Waals surface area contributed by atoms with Gasteiger partial charge < -0.3 is 15.5 Å². The highest BCUT2D eigenvalue weighted by atomic mass is 127. The minimum absolute atomic E-state index is 0. The number of guanidine groups is 1. The van der Waals surface area contributed by atoms with Crippen LogP contribution in [0.4, 0.5) is 0 Å². The Morgan fingerprint density at radius 3 is 2.33 bits per heavy atom. The van der Waals surface area contributed by atoms with Crippen molar-refractivity contribution in [2.75, 3.05) is 46.8 Å². The molecule has 1 aromatic rings. The molecule has 0 amide bonds. The lowest BCUT2D eigenvalue weighted by molar-refractivity contribution is 0.221. The van der Waals surface area contributed by atoms with E-state index in [4.69, 9.17) is 4.99 Å². The standard InChI is InChI=1S/C21H37N5.HI/c1-4-22-21(23-13-8-14-25(2)3)24-17-19-9-11-20(12-10-19)18-26-15-6-5-7-16-26;/h9-12H,4-8,13-18H2,1-3H3,(H2,22,23,24);1H. The summed E-state index contributed by atoms with van der Waals surface area (Å²) in [5.41, 5.74) is 2.67. The molecule has 154 valence electrons. The number of piperidine rings is 1. The fourth-order valence-electron chi connectivity index (χ4n) is 3.24. The first-order valence-corrected chi connectivity index (χ1v) is 10.1. The third kappa shape index (κ3) is 10.3. The van der Waals surface area contributed by atoms with Crippen molar-refractivity contribution in [1.29, 1.82) is 0 Å². The fraction of sp³-hybridized carbons (Fsp3) is 0.667. The number of halogens is 1. The largest absolute Gasteiger partial charge is 0.357 e. The number of hydrogen-bond donors (Lipinski definition) is 2. The van der Waals surface area contributed by atoms with Gasteiger partial charge in [-0.15, -0.1) is 24.0 Å². The molecule has 0 bridgehead atoms. The van der Waals surface area contributed by atoms with E-state index in [-0.39, 0.29) is 24.0 Å².